The summed E-state index contributed by atoms with van der Waals surface area (Å²) in [6, 6.07) is 13.9. The van der Waals surface area contributed by atoms with Gasteiger partial charge in [0.25, 0.3) is 0 Å². The number of nitrogens with one attached hydrogen (secondary N) is 1. The fourth-order valence-corrected chi connectivity index (χ4v) is 3.93. The SMILES string of the molecule is COc1ccc(OC)c(C2CCCN2CC(=O)Nc2ccc(SC)cc2)c1. The normalized spacial score (nSPS) is 16.9. The van der Waals surface area contributed by atoms with Crippen LogP contribution in [-0.2, 0) is 4.79 Å². The Morgan fingerprint density at radius 2 is 1.96 bits per heavy atom. The number of anilines is 1. The molecule has 5 nitrogen and oxygen atoms in total. The molecule has 0 radical (unpaired) electrons. The van der Waals surface area contributed by atoms with Gasteiger partial charge in [0.1, 0.15) is 11.5 Å². The van der Waals surface area contributed by atoms with Crippen LogP contribution < -0.4 is 14.8 Å². The third-order valence-electron chi connectivity index (χ3n) is 4.88. The van der Waals surface area contributed by atoms with Crippen LogP contribution in [0.3, 0.4) is 0 Å². The van der Waals surface area contributed by atoms with E-state index in [-0.39, 0.29) is 11.9 Å². The Labute approximate surface area is 165 Å². The highest BCUT2D eigenvalue weighted by molar-refractivity contribution is 7.98. The second kappa shape index (κ2) is 9.15. The Morgan fingerprint density at radius 1 is 1.19 bits per heavy atom. The molecule has 0 bridgehead atoms. The van der Waals surface area contributed by atoms with Gasteiger partial charge in [0, 0.05) is 22.2 Å². The van der Waals surface area contributed by atoms with Gasteiger partial charge in [-0.25, -0.2) is 0 Å². The van der Waals surface area contributed by atoms with Crippen molar-refractivity contribution in [2.24, 2.45) is 0 Å². The highest BCUT2D eigenvalue weighted by atomic mass is 32.2. The average Bonchev–Trinajstić information content (AvgIpc) is 3.15. The molecule has 144 valence electrons. The maximum atomic E-state index is 12.6. The minimum Gasteiger partial charge on any atom is -0.497 e. The summed E-state index contributed by atoms with van der Waals surface area (Å²) < 4.78 is 10.9. The van der Waals surface area contributed by atoms with Crippen LogP contribution in [0.15, 0.2) is 47.4 Å². The molecule has 1 aliphatic heterocycles. The number of benzene rings is 2. The van der Waals surface area contributed by atoms with Gasteiger partial charge in [0.2, 0.25) is 5.91 Å². The first-order valence-electron chi connectivity index (χ1n) is 9.04. The van der Waals surface area contributed by atoms with Gasteiger partial charge in [0.15, 0.2) is 0 Å². The van der Waals surface area contributed by atoms with Gasteiger partial charge in [-0.05, 0) is 68.1 Å². The zero-order valence-electron chi connectivity index (χ0n) is 16.0. The van der Waals surface area contributed by atoms with E-state index in [1.165, 1.54) is 4.90 Å². The Morgan fingerprint density at radius 3 is 2.63 bits per heavy atom. The molecule has 0 aliphatic carbocycles. The van der Waals surface area contributed by atoms with Gasteiger partial charge < -0.3 is 14.8 Å². The number of carbonyl (C=O) groups is 1. The highest BCUT2D eigenvalue weighted by Gasteiger charge is 2.30. The molecule has 1 saturated heterocycles. The van der Waals surface area contributed by atoms with E-state index in [0.717, 1.165) is 42.1 Å². The number of nitrogens with zero attached hydrogens (tertiary/aromatic N) is 1. The van der Waals surface area contributed by atoms with Crippen molar-refractivity contribution in [3.05, 3.63) is 48.0 Å². The summed E-state index contributed by atoms with van der Waals surface area (Å²) in [4.78, 5) is 16.0. The first kappa shape index (κ1) is 19.6. The van der Waals surface area contributed by atoms with E-state index in [1.807, 2.05) is 48.7 Å². The van der Waals surface area contributed by atoms with Crippen molar-refractivity contribution in [1.29, 1.82) is 0 Å². The van der Waals surface area contributed by atoms with Crippen LogP contribution >= 0.6 is 11.8 Å². The molecular weight excluding hydrogens is 360 g/mol. The van der Waals surface area contributed by atoms with Crippen LogP contribution in [0, 0.1) is 0 Å². The quantitative estimate of drug-likeness (QED) is 0.723. The Balaban J connectivity index is 1.70. The van der Waals surface area contributed by atoms with Crippen molar-refractivity contribution in [3.8, 4) is 11.5 Å². The summed E-state index contributed by atoms with van der Waals surface area (Å²) in [5, 5.41) is 3.00. The van der Waals surface area contributed by atoms with Crippen LogP contribution in [0.1, 0.15) is 24.4 Å². The number of methoxy groups -OCH3 is 2. The number of rotatable bonds is 7. The lowest BCUT2D eigenvalue weighted by Gasteiger charge is -2.26. The molecule has 1 fully saturated rings. The molecule has 3 rings (SSSR count). The summed E-state index contributed by atoms with van der Waals surface area (Å²) in [7, 11) is 3.34. The third kappa shape index (κ3) is 4.76. The second-order valence-electron chi connectivity index (χ2n) is 6.51. The number of amides is 1. The van der Waals surface area contributed by atoms with Gasteiger partial charge in [0.05, 0.1) is 20.8 Å². The average molecular weight is 387 g/mol. The number of hydrogen-bond acceptors (Lipinski definition) is 5. The van der Waals surface area contributed by atoms with Gasteiger partial charge >= 0.3 is 0 Å². The number of ether oxygens (including phenoxy) is 2. The van der Waals surface area contributed by atoms with E-state index in [9.17, 15) is 4.79 Å². The van der Waals surface area contributed by atoms with Crippen LogP contribution in [0.2, 0.25) is 0 Å². The van der Waals surface area contributed by atoms with Crippen LogP contribution in [0.4, 0.5) is 5.69 Å². The molecule has 6 heteroatoms. The Hall–Kier alpha value is -2.18. The summed E-state index contributed by atoms with van der Waals surface area (Å²) in [6.45, 7) is 1.25. The Bertz CT molecular complexity index is 779. The molecule has 27 heavy (non-hydrogen) atoms. The number of carbonyl (C=O) groups excluding carboxylic acids is 1. The van der Waals surface area contributed by atoms with E-state index in [1.54, 1.807) is 26.0 Å². The molecule has 0 spiro atoms. The molecular formula is C21H26N2O3S. The van der Waals surface area contributed by atoms with Crippen molar-refractivity contribution < 1.29 is 14.3 Å². The number of hydrogen-bond donors (Lipinski definition) is 1. The molecule has 0 aromatic heterocycles. The molecule has 2 aromatic carbocycles. The van der Waals surface area contributed by atoms with Crippen LogP contribution in [-0.4, -0.2) is 44.4 Å². The Kier molecular flexibility index (Phi) is 6.63. The first-order valence-corrected chi connectivity index (χ1v) is 10.3. The molecule has 1 N–H and O–H groups in total. The zero-order valence-corrected chi connectivity index (χ0v) is 16.8. The summed E-state index contributed by atoms with van der Waals surface area (Å²) >= 11 is 1.68. The minimum atomic E-state index is 0.000615. The van der Waals surface area contributed by atoms with Crippen molar-refractivity contribution in [3.63, 3.8) is 0 Å². The molecule has 1 atom stereocenters. The maximum Gasteiger partial charge on any atom is 0.238 e. The van der Waals surface area contributed by atoms with E-state index < -0.39 is 0 Å². The van der Waals surface area contributed by atoms with E-state index in [2.05, 4.69) is 10.2 Å². The van der Waals surface area contributed by atoms with Gasteiger partial charge in [-0.2, -0.15) is 0 Å². The van der Waals surface area contributed by atoms with Crippen molar-refractivity contribution >= 4 is 23.4 Å². The summed E-state index contributed by atoms with van der Waals surface area (Å²) in [5.41, 5.74) is 1.90. The predicted octanol–water partition coefficient (Wildman–Crippen LogP) is 4.20. The topological polar surface area (TPSA) is 50.8 Å². The summed E-state index contributed by atoms with van der Waals surface area (Å²) in [6.07, 6.45) is 4.09. The fraction of sp³-hybridized carbons (Fsp3) is 0.381. The fourth-order valence-electron chi connectivity index (χ4n) is 3.53. The molecule has 1 unspecified atom stereocenters. The standard InChI is InChI=1S/C21H26N2O3S/c1-25-16-8-11-20(26-2)18(13-16)19-5-4-12-23(19)14-21(24)22-15-6-9-17(27-3)10-7-15/h6-11,13,19H,4-5,12,14H2,1-3H3,(H,22,24). The summed E-state index contributed by atoms with van der Waals surface area (Å²) in [5.74, 6) is 1.64. The lowest BCUT2D eigenvalue weighted by Crippen LogP contribution is -2.33. The zero-order chi connectivity index (χ0) is 19.2. The smallest absolute Gasteiger partial charge is 0.238 e. The van der Waals surface area contributed by atoms with Crippen molar-refractivity contribution in [2.45, 2.75) is 23.8 Å². The van der Waals surface area contributed by atoms with Crippen molar-refractivity contribution in [2.75, 3.05) is 38.9 Å². The predicted molar refractivity (Wildman–Crippen MR) is 110 cm³/mol. The molecule has 0 saturated carbocycles. The molecule has 2 aromatic rings. The van der Waals surface area contributed by atoms with E-state index in [4.69, 9.17) is 9.47 Å². The minimum absolute atomic E-state index is 0.000615. The first-order chi connectivity index (χ1) is 13.1. The number of thioether (sulfide) groups is 1. The molecule has 1 heterocycles. The van der Waals surface area contributed by atoms with Crippen molar-refractivity contribution in [1.82, 2.24) is 4.90 Å². The molecule has 1 aliphatic rings. The second-order valence-corrected chi connectivity index (χ2v) is 7.39. The highest BCUT2D eigenvalue weighted by Crippen LogP contribution is 2.38. The largest absolute Gasteiger partial charge is 0.497 e. The third-order valence-corrected chi connectivity index (χ3v) is 5.62. The van der Waals surface area contributed by atoms with Crippen LogP contribution in [0.25, 0.3) is 0 Å². The van der Waals surface area contributed by atoms with Gasteiger partial charge in [-0.1, -0.05) is 0 Å². The van der Waals surface area contributed by atoms with Gasteiger partial charge in [-0.3, -0.25) is 9.69 Å². The lowest BCUT2D eigenvalue weighted by atomic mass is 10.0. The van der Waals surface area contributed by atoms with E-state index in [0.29, 0.717) is 6.54 Å². The van der Waals surface area contributed by atoms with Crippen LogP contribution in [0.5, 0.6) is 11.5 Å². The van der Waals surface area contributed by atoms with Gasteiger partial charge in [-0.15, -0.1) is 11.8 Å². The molecule has 1 amide bonds. The number of likely N-dealkylation sites (tertiary alicyclic amines) is 1. The lowest BCUT2D eigenvalue weighted by molar-refractivity contribution is -0.117. The monoisotopic (exact) mass is 386 g/mol. The van der Waals surface area contributed by atoms with E-state index >= 15 is 0 Å². The maximum absolute atomic E-state index is 12.6.